The summed E-state index contributed by atoms with van der Waals surface area (Å²) in [6.45, 7) is 0.453. The number of methoxy groups -OCH3 is 1. The summed E-state index contributed by atoms with van der Waals surface area (Å²) in [5.74, 6) is 0.679. The Morgan fingerprint density at radius 1 is 1.20 bits per heavy atom. The molecule has 0 spiro atoms. The average Bonchev–Trinajstić information content (AvgIpc) is 3.41. The zero-order chi connectivity index (χ0) is 18.0. The van der Waals surface area contributed by atoms with E-state index in [-0.39, 0.29) is 17.7 Å². The van der Waals surface area contributed by atoms with E-state index in [1.807, 2.05) is 30.3 Å². The summed E-state index contributed by atoms with van der Waals surface area (Å²) in [5, 5.41) is 0. The molecule has 5 nitrogen and oxygen atoms in total. The number of nitrogens with two attached hydrogens (primary N) is 1. The van der Waals surface area contributed by atoms with E-state index in [0.29, 0.717) is 12.1 Å². The molecule has 1 fully saturated rings. The van der Waals surface area contributed by atoms with E-state index in [1.165, 1.54) is 0 Å². The number of primary amides is 1. The molecular weight excluding hydrogens is 316 g/mol. The van der Waals surface area contributed by atoms with E-state index >= 15 is 0 Å². The van der Waals surface area contributed by atoms with Crippen LogP contribution in [-0.4, -0.2) is 30.9 Å². The molecule has 1 aliphatic carbocycles. The van der Waals surface area contributed by atoms with Crippen LogP contribution in [0.1, 0.15) is 33.8 Å². The summed E-state index contributed by atoms with van der Waals surface area (Å²) < 4.78 is 5.40. The summed E-state index contributed by atoms with van der Waals surface area (Å²) in [7, 11) is 3.44. The molecule has 0 aliphatic heterocycles. The molecule has 0 radical (unpaired) electrons. The second-order valence-corrected chi connectivity index (χ2v) is 6.45. The standard InChI is InChI=1S/C20H22N2O3/c1-22(12-13-6-5-7-14(10-13)19(21)23)20(24)17-11-16(17)15-8-3-4-9-18(15)25-2/h3-10,16-17H,11-12H2,1-2H3,(H2,21,23)/t16-,17+/m0/s1. The van der Waals surface area contributed by atoms with Crippen molar-refractivity contribution in [3.63, 3.8) is 0 Å². The lowest BCUT2D eigenvalue weighted by atomic mass is 10.1. The van der Waals surface area contributed by atoms with Gasteiger partial charge in [0.2, 0.25) is 11.8 Å². The van der Waals surface area contributed by atoms with Gasteiger partial charge in [0, 0.05) is 25.1 Å². The lowest BCUT2D eigenvalue weighted by molar-refractivity contribution is -0.131. The number of rotatable bonds is 6. The molecule has 0 aromatic heterocycles. The van der Waals surface area contributed by atoms with Crippen LogP contribution in [0.5, 0.6) is 5.75 Å². The highest BCUT2D eigenvalue weighted by atomic mass is 16.5. The molecule has 0 bridgehead atoms. The highest BCUT2D eigenvalue weighted by Crippen LogP contribution is 2.51. The third-order valence-corrected chi connectivity index (χ3v) is 4.65. The van der Waals surface area contributed by atoms with Crippen LogP contribution in [0.3, 0.4) is 0 Å². The van der Waals surface area contributed by atoms with Gasteiger partial charge in [0.25, 0.3) is 0 Å². The SMILES string of the molecule is COc1ccccc1[C@@H]1C[C@H]1C(=O)N(C)Cc1cccc(C(N)=O)c1. The second-order valence-electron chi connectivity index (χ2n) is 6.45. The summed E-state index contributed by atoms with van der Waals surface area (Å²) >= 11 is 0. The van der Waals surface area contributed by atoms with Gasteiger partial charge in [-0.3, -0.25) is 9.59 Å². The number of hydrogen-bond donors (Lipinski definition) is 1. The van der Waals surface area contributed by atoms with Crippen LogP contribution in [0.4, 0.5) is 0 Å². The Hall–Kier alpha value is -2.82. The number of hydrogen-bond acceptors (Lipinski definition) is 3. The van der Waals surface area contributed by atoms with Crippen molar-refractivity contribution < 1.29 is 14.3 Å². The van der Waals surface area contributed by atoms with E-state index in [0.717, 1.165) is 23.3 Å². The molecule has 3 rings (SSSR count). The predicted octanol–water partition coefficient (Wildman–Crippen LogP) is 2.56. The highest BCUT2D eigenvalue weighted by molar-refractivity contribution is 5.92. The minimum Gasteiger partial charge on any atom is -0.496 e. The van der Waals surface area contributed by atoms with Crippen molar-refractivity contribution >= 4 is 11.8 Å². The molecular formula is C20H22N2O3. The Labute approximate surface area is 147 Å². The quantitative estimate of drug-likeness (QED) is 0.880. The molecule has 2 atom stereocenters. The van der Waals surface area contributed by atoms with Gasteiger partial charge >= 0.3 is 0 Å². The molecule has 0 unspecified atom stereocenters. The van der Waals surface area contributed by atoms with Crippen molar-refractivity contribution in [2.75, 3.05) is 14.2 Å². The molecule has 0 heterocycles. The normalized spacial score (nSPS) is 18.5. The molecule has 0 saturated heterocycles. The second kappa shape index (κ2) is 6.97. The average molecular weight is 338 g/mol. The van der Waals surface area contributed by atoms with Crippen LogP contribution in [0.15, 0.2) is 48.5 Å². The van der Waals surface area contributed by atoms with Crippen LogP contribution >= 0.6 is 0 Å². The van der Waals surface area contributed by atoms with E-state index in [1.54, 1.807) is 37.3 Å². The van der Waals surface area contributed by atoms with Gasteiger partial charge in [-0.25, -0.2) is 0 Å². The Kier molecular flexibility index (Phi) is 4.74. The van der Waals surface area contributed by atoms with E-state index in [4.69, 9.17) is 10.5 Å². The molecule has 130 valence electrons. The maximum Gasteiger partial charge on any atom is 0.248 e. The summed E-state index contributed by atoms with van der Waals surface area (Å²) in [6, 6.07) is 14.9. The van der Waals surface area contributed by atoms with Crippen LogP contribution < -0.4 is 10.5 Å². The summed E-state index contributed by atoms with van der Waals surface area (Å²) in [4.78, 5) is 25.7. The lowest BCUT2D eigenvalue weighted by Crippen LogP contribution is -2.28. The molecule has 5 heteroatoms. The molecule has 1 aliphatic rings. The van der Waals surface area contributed by atoms with Gasteiger partial charge < -0.3 is 15.4 Å². The number of benzene rings is 2. The van der Waals surface area contributed by atoms with Crippen LogP contribution in [-0.2, 0) is 11.3 Å². The molecule has 2 N–H and O–H groups in total. The first-order chi connectivity index (χ1) is 12.0. The smallest absolute Gasteiger partial charge is 0.248 e. The van der Waals surface area contributed by atoms with Crippen LogP contribution in [0.2, 0.25) is 0 Å². The van der Waals surface area contributed by atoms with Gasteiger partial charge in [0.05, 0.1) is 7.11 Å². The maximum absolute atomic E-state index is 12.7. The third-order valence-electron chi connectivity index (χ3n) is 4.65. The topological polar surface area (TPSA) is 72.6 Å². The van der Waals surface area contributed by atoms with Crippen LogP contribution in [0, 0.1) is 5.92 Å². The summed E-state index contributed by atoms with van der Waals surface area (Å²) in [5.41, 5.74) is 7.75. The Morgan fingerprint density at radius 3 is 2.68 bits per heavy atom. The van der Waals surface area contributed by atoms with Crippen molar-refractivity contribution in [1.29, 1.82) is 0 Å². The highest BCUT2D eigenvalue weighted by Gasteiger charge is 2.46. The number of nitrogens with zero attached hydrogens (tertiary/aromatic N) is 1. The third kappa shape index (κ3) is 3.65. The lowest BCUT2D eigenvalue weighted by Gasteiger charge is -2.18. The minimum absolute atomic E-state index is 0.0133. The van der Waals surface area contributed by atoms with Gasteiger partial charge in [-0.2, -0.15) is 0 Å². The summed E-state index contributed by atoms with van der Waals surface area (Å²) in [6.07, 6.45) is 0.838. The number of amides is 2. The number of carbonyl (C=O) groups excluding carboxylic acids is 2. The fourth-order valence-electron chi connectivity index (χ4n) is 3.24. The molecule has 2 aromatic rings. The van der Waals surface area contributed by atoms with E-state index in [2.05, 4.69) is 0 Å². The number of para-hydroxylation sites is 1. The number of carbonyl (C=O) groups is 2. The maximum atomic E-state index is 12.7. The molecule has 2 aromatic carbocycles. The van der Waals surface area contributed by atoms with E-state index in [9.17, 15) is 9.59 Å². The fourth-order valence-corrected chi connectivity index (χ4v) is 3.24. The van der Waals surface area contributed by atoms with Gasteiger partial charge in [-0.05, 0) is 41.7 Å². The predicted molar refractivity (Wildman–Crippen MR) is 95.3 cm³/mol. The Morgan fingerprint density at radius 2 is 1.96 bits per heavy atom. The fraction of sp³-hybridized carbons (Fsp3) is 0.300. The molecule has 25 heavy (non-hydrogen) atoms. The minimum atomic E-state index is -0.464. The first-order valence-corrected chi connectivity index (χ1v) is 8.28. The molecule has 2 amide bonds. The largest absolute Gasteiger partial charge is 0.496 e. The first-order valence-electron chi connectivity index (χ1n) is 8.28. The zero-order valence-corrected chi connectivity index (χ0v) is 14.4. The van der Waals surface area contributed by atoms with Crippen molar-refractivity contribution in [3.8, 4) is 5.75 Å². The molecule has 1 saturated carbocycles. The van der Waals surface area contributed by atoms with Gasteiger partial charge in [-0.15, -0.1) is 0 Å². The Balaban J connectivity index is 1.66. The van der Waals surface area contributed by atoms with Gasteiger partial charge in [0.15, 0.2) is 0 Å². The van der Waals surface area contributed by atoms with Crippen molar-refractivity contribution in [2.24, 2.45) is 11.7 Å². The zero-order valence-electron chi connectivity index (χ0n) is 14.4. The van der Waals surface area contributed by atoms with Crippen molar-refractivity contribution in [3.05, 3.63) is 65.2 Å². The van der Waals surface area contributed by atoms with Crippen molar-refractivity contribution in [2.45, 2.75) is 18.9 Å². The van der Waals surface area contributed by atoms with Crippen LogP contribution in [0.25, 0.3) is 0 Å². The monoisotopic (exact) mass is 338 g/mol. The first kappa shape index (κ1) is 17.0. The van der Waals surface area contributed by atoms with Gasteiger partial charge in [-0.1, -0.05) is 30.3 Å². The van der Waals surface area contributed by atoms with Crippen molar-refractivity contribution in [1.82, 2.24) is 4.90 Å². The van der Waals surface area contributed by atoms with Gasteiger partial charge in [0.1, 0.15) is 5.75 Å². The number of ether oxygens (including phenoxy) is 1. The Bertz CT molecular complexity index is 803. The van der Waals surface area contributed by atoms with E-state index < -0.39 is 5.91 Å².